The Balaban J connectivity index is 2.71. The third-order valence-electron chi connectivity index (χ3n) is 2.99. The molecule has 0 radical (unpaired) electrons. The number of aromatic nitrogens is 1. The lowest BCUT2D eigenvalue weighted by Gasteiger charge is -2.14. The summed E-state index contributed by atoms with van der Waals surface area (Å²) in [5.41, 5.74) is 1.87. The van der Waals surface area contributed by atoms with Gasteiger partial charge in [0.15, 0.2) is 0 Å². The summed E-state index contributed by atoms with van der Waals surface area (Å²) in [5, 5.41) is -0.594. The van der Waals surface area contributed by atoms with E-state index in [1.54, 1.807) is 13.8 Å². The van der Waals surface area contributed by atoms with Gasteiger partial charge in [-0.05, 0) is 25.0 Å². The molecule has 1 N–H and O–H groups in total. The third-order valence-corrected chi connectivity index (χ3v) is 4.55. The van der Waals surface area contributed by atoms with Crippen molar-refractivity contribution in [3.63, 3.8) is 0 Å². The Hall–Kier alpha value is -0.740. The number of aromatic amines is 1. The molecule has 0 fully saturated rings. The molecule has 0 spiro atoms. The van der Waals surface area contributed by atoms with E-state index >= 15 is 0 Å². The summed E-state index contributed by atoms with van der Waals surface area (Å²) in [6, 6.07) is 0. The predicted octanol–water partition coefficient (Wildman–Crippen LogP) is 4.08. The number of carbonyl (C=O) groups is 2. The van der Waals surface area contributed by atoms with E-state index in [9.17, 15) is 9.59 Å². The summed E-state index contributed by atoms with van der Waals surface area (Å²) < 4.78 is 0. The third kappa shape index (κ3) is 2.15. The van der Waals surface area contributed by atoms with Crippen LogP contribution in [0.4, 0.5) is 0 Å². The first-order valence-electron chi connectivity index (χ1n) is 5.16. The first kappa shape index (κ1) is 14.7. The van der Waals surface area contributed by atoms with Gasteiger partial charge >= 0.3 is 0 Å². The van der Waals surface area contributed by atoms with Crippen molar-refractivity contribution in [2.75, 3.05) is 0 Å². The van der Waals surface area contributed by atoms with Gasteiger partial charge in [-0.3, -0.25) is 9.59 Å². The van der Waals surface area contributed by atoms with Gasteiger partial charge in [0.05, 0.1) is 11.3 Å². The maximum absolute atomic E-state index is 12.1. The quantitative estimate of drug-likeness (QED) is 0.784. The molecule has 3 nitrogen and oxygen atoms in total. The van der Waals surface area contributed by atoms with Crippen LogP contribution in [0.1, 0.15) is 16.8 Å². The van der Waals surface area contributed by atoms with Crippen molar-refractivity contribution in [2.24, 2.45) is 0 Å². The number of halogens is 4. The molecule has 2 rings (SSSR count). The van der Waals surface area contributed by atoms with E-state index in [-0.39, 0.29) is 20.7 Å². The van der Waals surface area contributed by atoms with Crippen LogP contribution in [0.2, 0.25) is 5.15 Å². The van der Waals surface area contributed by atoms with E-state index in [0.29, 0.717) is 10.8 Å². The van der Waals surface area contributed by atoms with Crippen molar-refractivity contribution in [3.8, 4) is 0 Å². The first-order valence-corrected chi connectivity index (χ1v) is 6.68. The Kier molecular flexibility index (Phi) is 3.85. The second-order valence-electron chi connectivity index (χ2n) is 4.04. The van der Waals surface area contributed by atoms with E-state index in [2.05, 4.69) is 4.98 Å². The highest BCUT2D eigenvalue weighted by molar-refractivity contribution is 6.68. The normalized spacial score (nSPS) is 16.7. The monoisotopic (exact) mass is 337 g/mol. The van der Waals surface area contributed by atoms with Gasteiger partial charge in [0.1, 0.15) is 20.2 Å². The number of H-pyrrole nitrogens is 1. The average Bonchev–Trinajstić information content (AvgIpc) is 2.62. The van der Waals surface area contributed by atoms with E-state index in [4.69, 9.17) is 46.4 Å². The molecule has 1 aromatic heterocycles. The summed E-state index contributed by atoms with van der Waals surface area (Å²) in [5.74, 6) is -1.28. The summed E-state index contributed by atoms with van der Waals surface area (Å²) in [4.78, 5) is 26.8. The molecule has 0 amide bonds. The number of rotatable bonds is 1. The predicted molar refractivity (Wildman–Crippen MR) is 76.8 cm³/mol. The number of carbonyl (C=O) groups excluding carboxylic acids is 2. The van der Waals surface area contributed by atoms with Crippen molar-refractivity contribution in [1.82, 2.24) is 4.98 Å². The molecule has 0 unspecified atom stereocenters. The van der Waals surface area contributed by atoms with Crippen LogP contribution in [-0.4, -0.2) is 16.6 Å². The highest BCUT2D eigenvalue weighted by atomic mass is 35.5. The Morgan fingerprint density at radius 3 is 1.79 bits per heavy atom. The Morgan fingerprint density at radius 2 is 1.32 bits per heavy atom. The summed E-state index contributed by atoms with van der Waals surface area (Å²) in [6.45, 7) is 3.54. The van der Waals surface area contributed by atoms with E-state index in [1.807, 2.05) is 0 Å². The minimum Gasteiger partial charge on any atom is -0.345 e. The number of nitrogens with one attached hydrogen (secondary N) is 1. The molecule has 1 aliphatic rings. The van der Waals surface area contributed by atoms with Crippen LogP contribution in [0.3, 0.4) is 0 Å². The molecule has 0 saturated carbocycles. The lowest BCUT2D eigenvalue weighted by molar-refractivity contribution is -0.114. The SMILES string of the molecule is Cc1c(Cl)[nH]c(C2=C(Cl)C(=O)C(Cl)=C(Cl)C2=O)c1C. The van der Waals surface area contributed by atoms with Gasteiger partial charge in [-0.1, -0.05) is 46.4 Å². The molecule has 0 saturated heterocycles. The zero-order valence-electron chi connectivity index (χ0n) is 9.83. The molecule has 1 aliphatic carbocycles. The van der Waals surface area contributed by atoms with Gasteiger partial charge in [-0.2, -0.15) is 0 Å². The van der Waals surface area contributed by atoms with Crippen LogP contribution in [0.15, 0.2) is 15.1 Å². The largest absolute Gasteiger partial charge is 0.345 e. The van der Waals surface area contributed by atoms with Crippen LogP contribution in [0.25, 0.3) is 5.57 Å². The molecule has 1 heterocycles. The number of hydrogen-bond acceptors (Lipinski definition) is 2. The molecular formula is C12H7Cl4NO2. The second kappa shape index (κ2) is 4.98. The average molecular weight is 339 g/mol. The van der Waals surface area contributed by atoms with Gasteiger partial charge in [-0.15, -0.1) is 0 Å². The van der Waals surface area contributed by atoms with Gasteiger partial charge in [0.2, 0.25) is 11.6 Å². The fourth-order valence-corrected chi connectivity index (χ4v) is 2.66. The Bertz CT molecular complexity index is 682. The first-order chi connectivity index (χ1) is 8.77. The maximum Gasteiger partial charge on any atom is 0.218 e. The summed E-state index contributed by atoms with van der Waals surface area (Å²) in [7, 11) is 0. The van der Waals surface area contributed by atoms with Crippen LogP contribution in [0.5, 0.6) is 0 Å². The number of ketones is 2. The summed E-state index contributed by atoms with van der Waals surface area (Å²) in [6.07, 6.45) is 0. The minimum atomic E-state index is -0.675. The number of allylic oxidation sites excluding steroid dienone is 4. The highest BCUT2D eigenvalue weighted by Gasteiger charge is 2.34. The molecule has 1 aromatic rings. The second-order valence-corrected chi connectivity index (χ2v) is 5.55. The van der Waals surface area contributed by atoms with Gasteiger partial charge in [0.25, 0.3) is 0 Å². The molecule has 0 atom stereocenters. The van der Waals surface area contributed by atoms with Gasteiger partial charge in [-0.25, -0.2) is 0 Å². The van der Waals surface area contributed by atoms with Crippen molar-refractivity contribution < 1.29 is 9.59 Å². The maximum atomic E-state index is 12.1. The zero-order valence-corrected chi connectivity index (χ0v) is 12.9. The van der Waals surface area contributed by atoms with Crippen molar-refractivity contribution in [3.05, 3.63) is 37.1 Å². The molecule has 7 heteroatoms. The van der Waals surface area contributed by atoms with E-state index in [0.717, 1.165) is 11.1 Å². The molecule has 19 heavy (non-hydrogen) atoms. The van der Waals surface area contributed by atoms with Gasteiger partial charge < -0.3 is 4.98 Å². The van der Waals surface area contributed by atoms with E-state index < -0.39 is 11.6 Å². The lowest BCUT2D eigenvalue weighted by Crippen LogP contribution is -2.17. The van der Waals surface area contributed by atoms with Gasteiger partial charge in [0, 0.05) is 0 Å². The summed E-state index contributed by atoms with van der Waals surface area (Å²) >= 11 is 23.3. The molecule has 0 aliphatic heterocycles. The molecule has 0 aromatic carbocycles. The van der Waals surface area contributed by atoms with Crippen LogP contribution in [0, 0.1) is 13.8 Å². The van der Waals surface area contributed by atoms with Crippen LogP contribution >= 0.6 is 46.4 Å². The topological polar surface area (TPSA) is 49.9 Å². The zero-order chi connectivity index (χ0) is 14.5. The van der Waals surface area contributed by atoms with Crippen LogP contribution in [-0.2, 0) is 9.59 Å². The molecular weight excluding hydrogens is 332 g/mol. The molecule has 100 valence electrons. The fourth-order valence-electron chi connectivity index (χ4n) is 1.74. The smallest absolute Gasteiger partial charge is 0.218 e. The number of hydrogen-bond donors (Lipinski definition) is 1. The molecule has 0 bridgehead atoms. The minimum absolute atomic E-state index is 0.00596. The Morgan fingerprint density at radius 1 is 0.789 bits per heavy atom. The van der Waals surface area contributed by atoms with Crippen molar-refractivity contribution in [2.45, 2.75) is 13.8 Å². The van der Waals surface area contributed by atoms with Crippen molar-refractivity contribution >= 4 is 63.5 Å². The standard InChI is InChI=1S/C12H7Cl4NO2/c1-3-4(2)12(16)17-9(3)5-6(13)11(19)8(15)7(14)10(5)18/h17H,1-2H3. The van der Waals surface area contributed by atoms with E-state index in [1.165, 1.54) is 0 Å². The fraction of sp³-hybridized carbons (Fsp3) is 0.167. The van der Waals surface area contributed by atoms with Crippen LogP contribution < -0.4 is 0 Å². The van der Waals surface area contributed by atoms with Crippen molar-refractivity contribution in [1.29, 1.82) is 0 Å². The Labute approximate surface area is 129 Å². The lowest BCUT2D eigenvalue weighted by atomic mass is 9.97. The number of Topliss-reactive ketones (excluding diaryl/α,β-unsaturated/α-hetero) is 2. The highest BCUT2D eigenvalue weighted by Crippen LogP contribution is 2.38.